The maximum atomic E-state index is 13.7. The molecular formula is C30H30N2O4. The van der Waals surface area contributed by atoms with Crippen LogP contribution in [0.4, 0.5) is 5.69 Å². The van der Waals surface area contributed by atoms with Crippen molar-refractivity contribution in [2.45, 2.75) is 26.4 Å². The molecule has 0 aliphatic rings. The van der Waals surface area contributed by atoms with Crippen LogP contribution >= 0.6 is 0 Å². The Labute approximate surface area is 211 Å². The van der Waals surface area contributed by atoms with Crippen molar-refractivity contribution >= 4 is 17.5 Å². The molecule has 3 aromatic carbocycles. The van der Waals surface area contributed by atoms with Crippen LogP contribution in [0.5, 0.6) is 5.75 Å². The lowest BCUT2D eigenvalue weighted by atomic mass is 10.1. The zero-order chi connectivity index (χ0) is 25.5. The number of hydrogen-bond acceptors (Lipinski definition) is 4. The van der Waals surface area contributed by atoms with Crippen molar-refractivity contribution in [2.75, 3.05) is 19.1 Å². The van der Waals surface area contributed by atoms with Gasteiger partial charge >= 0.3 is 0 Å². The molecule has 0 aliphatic carbocycles. The van der Waals surface area contributed by atoms with Crippen LogP contribution in [-0.4, -0.2) is 30.9 Å². The van der Waals surface area contributed by atoms with Crippen molar-refractivity contribution in [2.24, 2.45) is 0 Å². The van der Waals surface area contributed by atoms with Crippen molar-refractivity contribution in [1.29, 1.82) is 0 Å². The van der Waals surface area contributed by atoms with Crippen LogP contribution in [0.1, 0.15) is 32.8 Å². The van der Waals surface area contributed by atoms with E-state index in [4.69, 9.17) is 9.15 Å². The van der Waals surface area contributed by atoms with Gasteiger partial charge in [-0.2, -0.15) is 0 Å². The van der Waals surface area contributed by atoms with Gasteiger partial charge in [0.15, 0.2) is 0 Å². The highest BCUT2D eigenvalue weighted by molar-refractivity contribution is 6.06. The van der Waals surface area contributed by atoms with Gasteiger partial charge < -0.3 is 19.0 Å². The third-order valence-corrected chi connectivity index (χ3v) is 6.00. The molecule has 1 heterocycles. The molecule has 0 N–H and O–H groups in total. The van der Waals surface area contributed by atoms with E-state index in [1.165, 1.54) is 0 Å². The largest absolute Gasteiger partial charge is 0.497 e. The van der Waals surface area contributed by atoms with Gasteiger partial charge in [-0.05, 0) is 60.5 Å². The summed E-state index contributed by atoms with van der Waals surface area (Å²) >= 11 is 0. The number of likely N-dealkylation sites (N-methyl/N-ethyl adjacent to an activating group) is 1. The Morgan fingerprint density at radius 3 is 2.36 bits per heavy atom. The third kappa shape index (κ3) is 6.21. The minimum atomic E-state index is -0.145. The number of amides is 2. The van der Waals surface area contributed by atoms with E-state index in [1.54, 1.807) is 54.5 Å². The van der Waals surface area contributed by atoms with E-state index >= 15 is 0 Å². The van der Waals surface area contributed by atoms with Crippen molar-refractivity contribution in [3.05, 3.63) is 119 Å². The van der Waals surface area contributed by atoms with Crippen molar-refractivity contribution in [3.63, 3.8) is 0 Å². The lowest BCUT2D eigenvalue weighted by Gasteiger charge is -2.24. The average molecular weight is 483 g/mol. The summed E-state index contributed by atoms with van der Waals surface area (Å²) in [7, 11) is 3.34. The quantitative estimate of drug-likeness (QED) is 0.310. The minimum absolute atomic E-state index is 0.0345. The molecule has 0 saturated heterocycles. The number of aryl methyl sites for hydroxylation is 1. The number of furan rings is 1. The van der Waals surface area contributed by atoms with Gasteiger partial charge in [0.05, 0.1) is 32.9 Å². The molecule has 2 amide bonds. The second kappa shape index (κ2) is 11.4. The molecule has 6 heteroatoms. The normalized spacial score (nSPS) is 10.6. The molecule has 4 aromatic rings. The van der Waals surface area contributed by atoms with Gasteiger partial charge in [0.2, 0.25) is 5.91 Å². The van der Waals surface area contributed by atoms with Crippen molar-refractivity contribution in [3.8, 4) is 5.75 Å². The second-order valence-electron chi connectivity index (χ2n) is 8.78. The SMILES string of the molecule is COc1cccc(C(=O)N(Cc2ccc(C)cc2)c2cccc(CC(=O)N(C)Cc3ccco3)c2)c1. The van der Waals surface area contributed by atoms with E-state index < -0.39 is 0 Å². The molecule has 184 valence electrons. The van der Waals surface area contributed by atoms with E-state index in [0.717, 1.165) is 28.1 Å². The van der Waals surface area contributed by atoms with Gasteiger partial charge in [0, 0.05) is 18.3 Å². The summed E-state index contributed by atoms with van der Waals surface area (Å²) in [5.41, 5.74) is 4.25. The third-order valence-electron chi connectivity index (χ3n) is 6.00. The first-order chi connectivity index (χ1) is 17.4. The number of carbonyl (C=O) groups excluding carboxylic acids is 2. The topological polar surface area (TPSA) is 63.0 Å². The number of benzene rings is 3. The average Bonchev–Trinajstić information content (AvgIpc) is 3.41. The minimum Gasteiger partial charge on any atom is -0.497 e. The first-order valence-electron chi connectivity index (χ1n) is 11.8. The van der Waals surface area contributed by atoms with Crippen molar-refractivity contribution in [1.82, 2.24) is 4.90 Å². The van der Waals surface area contributed by atoms with Gasteiger partial charge in [-0.3, -0.25) is 9.59 Å². The van der Waals surface area contributed by atoms with Crippen LogP contribution < -0.4 is 9.64 Å². The standard InChI is InChI=1S/C30H30N2O4/c1-22-12-14-23(15-13-22)20-32(30(34)25-8-5-10-27(19-25)35-3)26-9-4-7-24(17-26)18-29(33)31(2)21-28-11-6-16-36-28/h4-17,19H,18,20-21H2,1-3H3. The number of rotatable bonds is 9. The summed E-state index contributed by atoms with van der Waals surface area (Å²) in [5.74, 6) is 1.17. The summed E-state index contributed by atoms with van der Waals surface area (Å²) in [6, 6.07) is 26.5. The first kappa shape index (κ1) is 24.8. The monoisotopic (exact) mass is 482 g/mol. The van der Waals surface area contributed by atoms with Crippen LogP contribution in [0.25, 0.3) is 0 Å². The molecular weight excluding hydrogens is 452 g/mol. The molecule has 0 atom stereocenters. The molecule has 0 fully saturated rings. The fourth-order valence-corrected chi connectivity index (χ4v) is 3.94. The van der Waals surface area contributed by atoms with Gasteiger partial charge in [0.25, 0.3) is 5.91 Å². The maximum absolute atomic E-state index is 13.7. The fourth-order valence-electron chi connectivity index (χ4n) is 3.94. The summed E-state index contributed by atoms with van der Waals surface area (Å²) in [6.07, 6.45) is 1.82. The first-order valence-corrected chi connectivity index (χ1v) is 11.8. The van der Waals surface area contributed by atoms with Gasteiger partial charge in [-0.25, -0.2) is 0 Å². The molecule has 0 unspecified atom stereocenters. The summed E-state index contributed by atoms with van der Waals surface area (Å²) in [4.78, 5) is 29.9. The van der Waals surface area contributed by atoms with Crippen LogP contribution in [0.2, 0.25) is 0 Å². The van der Waals surface area contributed by atoms with Crippen LogP contribution in [0.3, 0.4) is 0 Å². The molecule has 0 aliphatic heterocycles. The Bertz CT molecular complexity index is 1310. The zero-order valence-corrected chi connectivity index (χ0v) is 20.8. The smallest absolute Gasteiger partial charge is 0.258 e. The molecule has 36 heavy (non-hydrogen) atoms. The summed E-state index contributed by atoms with van der Waals surface area (Å²) in [5, 5.41) is 0. The van der Waals surface area contributed by atoms with Crippen molar-refractivity contribution < 1.29 is 18.7 Å². The Morgan fingerprint density at radius 2 is 1.64 bits per heavy atom. The number of anilines is 1. The second-order valence-corrected chi connectivity index (χ2v) is 8.78. The maximum Gasteiger partial charge on any atom is 0.258 e. The number of ether oxygens (including phenoxy) is 1. The molecule has 6 nitrogen and oxygen atoms in total. The van der Waals surface area contributed by atoms with E-state index in [9.17, 15) is 9.59 Å². The van der Waals surface area contributed by atoms with Gasteiger partial charge in [0.1, 0.15) is 11.5 Å². The Hall–Kier alpha value is -4.32. The molecule has 0 radical (unpaired) electrons. The molecule has 0 saturated carbocycles. The van der Waals surface area contributed by atoms with Gasteiger partial charge in [-0.1, -0.05) is 48.0 Å². The highest BCUT2D eigenvalue weighted by atomic mass is 16.5. The summed E-state index contributed by atoms with van der Waals surface area (Å²) < 4.78 is 10.7. The Balaban J connectivity index is 1.59. The van der Waals surface area contributed by atoms with E-state index in [-0.39, 0.29) is 18.2 Å². The molecule has 4 rings (SSSR count). The molecule has 0 bridgehead atoms. The van der Waals surface area contributed by atoms with E-state index in [1.807, 2.05) is 67.6 Å². The van der Waals surface area contributed by atoms with Crippen LogP contribution in [0, 0.1) is 6.92 Å². The fraction of sp³-hybridized carbons (Fsp3) is 0.200. The Morgan fingerprint density at radius 1 is 0.861 bits per heavy atom. The molecule has 0 spiro atoms. The highest BCUT2D eigenvalue weighted by Gasteiger charge is 2.20. The highest BCUT2D eigenvalue weighted by Crippen LogP contribution is 2.24. The Kier molecular flexibility index (Phi) is 7.85. The number of carbonyl (C=O) groups is 2. The van der Waals surface area contributed by atoms with Crippen LogP contribution in [0.15, 0.2) is 95.6 Å². The molecule has 1 aromatic heterocycles. The predicted octanol–water partition coefficient (Wildman–Crippen LogP) is 5.64. The summed E-state index contributed by atoms with van der Waals surface area (Å²) in [6.45, 7) is 2.83. The lowest BCUT2D eigenvalue weighted by molar-refractivity contribution is -0.129. The predicted molar refractivity (Wildman–Crippen MR) is 140 cm³/mol. The van der Waals surface area contributed by atoms with Gasteiger partial charge in [-0.15, -0.1) is 0 Å². The number of methoxy groups -OCH3 is 1. The zero-order valence-electron chi connectivity index (χ0n) is 20.8. The van der Waals surface area contributed by atoms with E-state index in [2.05, 4.69) is 0 Å². The van der Waals surface area contributed by atoms with E-state index in [0.29, 0.717) is 24.4 Å². The number of nitrogens with zero attached hydrogens (tertiary/aromatic N) is 2. The lowest BCUT2D eigenvalue weighted by Crippen LogP contribution is -2.31. The number of hydrogen-bond donors (Lipinski definition) is 0. The van der Waals surface area contributed by atoms with Crippen LogP contribution in [-0.2, 0) is 24.3 Å².